The number of nitrogens with one attached hydrogen (secondary N) is 1. The van der Waals surface area contributed by atoms with Gasteiger partial charge in [0.05, 0.1) is 11.1 Å². The van der Waals surface area contributed by atoms with E-state index in [-0.39, 0.29) is 23.6 Å². The first-order valence-corrected chi connectivity index (χ1v) is 6.42. The van der Waals surface area contributed by atoms with Crippen LogP contribution in [-0.2, 0) is 6.54 Å². The van der Waals surface area contributed by atoms with Crippen LogP contribution in [0.4, 0.5) is 0 Å². The number of aromatic carboxylic acids is 2. The van der Waals surface area contributed by atoms with Crippen LogP contribution < -0.4 is 5.32 Å². The fourth-order valence-electron chi connectivity index (χ4n) is 1.93. The number of hydrogen-bond acceptors (Lipinski definition) is 3. The van der Waals surface area contributed by atoms with E-state index in [0.29, 0.717) is 11.1 Å². The maximum Gasteiger partial charge on any atom is 0.336 e. The summed E-state index contributed by atoms with van der Waals surface area (Å²) in [6.07, 6.45) is 0. The Morgan fingerprint density at radius 2 is 1.55 bits per heavy atom. The number of benzene rings is 2. The van der Waals surface area contributed by atoms with Gasteiger partial charge in [0.15, 0.2) is 0 Å². The van der Waals surface area contributed by atoms with Crippen molar-refractivity contribution in [2.45, 2.75) is 6.54 Å². The number of carboxylic acid groups (broad SMARTS) is 2. The van der Waals surface area contributed by atoms with Crippen molar-refractivity contribution in [3.05, 3.63) is 70.8 Å². The Morgan fingerprint density at radius 3 is 2.14 bits per heavy atom. The second-order valence-corrected chi connectivity index (χ2v) is 4.53. The lowest BCUT2D eigenvalue weighted by molar-refractivity contribution is 0.0694. The van der Waals surface area contributed by atoms with Gasteiger partial charge in [-0.1, -0.05) is 24.3 Å². The number of carbonyl (C=O) groups excluding carboxylic acids is 1. The first kappa shape index (κ1) is 15.2. The second-order valence-electron chi connectivity index (χ2n) is 4.53. The molecule has 2 aromatic carbocycles. The fraction of sp³-hybridized carbons (Fsp3) is 0.0625. The Morgan fingerprint density at radius 1 is 0.864 bits per heavy atom. The van der Waals surface area contributed by atoms with Crippen LogP contribution in [0.2, 0.25) is 0 Å². The zero-order valence-electron chi connectivity index (χ0n) is 11.4. The normalized spacial score (nSPS) is 10.0. The summed E-state index contributed by atoms with van der Waals surface area (Å²) in [5.74, 6) is -2.78. The van der Waals surface area contributed by atoms with Gasteiger partial charge in [-0.25, -0.2) is 9.59 Å². The summed E-state index contributed by atoms with van der Waals surface area (Å²) >= 11 is 0. The zero-order valence-corrected chi connectivity index (χ0v) is 11.4. The molecule has 0 atom stereocenters. The third-order valence-corrected chi connectivity index (χ3v) is 3.06. The minimum absolute atomic E-state index is 0.00470. The second kappa shape index (κ2) is 6.53. The van der Waals surface area contributed by atoms with Gasteiger partial charge in [0.25, 0.3) is 5.91 Å². The summed E-state index contributed by atoms with van der Waals surface area (Å²) in [5, 5.41) is 20.6. The smallest absolute Gasteiger partial charge is 0.336 e. The van der Waals surface area contributed by atoms with E-state index < -0.39 is 11.9 Å². The highest BCUT2D eigenvalue weighted by Gasteiger charge is 2.14. The first-order chi connectivity index (χ1) is 10.5. The van der Waals surface area contributed by atoms with Crippen molar-refractivity contribution in [2.75, 3.05) is 0 Å². The van der Waals surface area contributed by atoms with Gasteiger partial charge in [-0.3, -0.25) is 4.79 Å². The Balaban J connectivity index is 2.17. The molecule has 0 bridgehead atoms. The summed E-state index contributed by atoms with van der Waals surface area (Å²) in [6, 6.07) is 12.3. The van der Waals surface area contributed by atoms with Crippen molar-refractivity contribution in [2.24, 2.45) is 0 Å². The molecule has 0 saturated heterocycles. The summed E-state index contributed by atoms with van der Waals surface area (Å²) in [5.41, 5.74) is 0.534. The van der Waals surface area contributed by atoms with Crippen molar-refractivity contribution in [3.8, 4) is 0 Å². The van der Waals surface area contributed by atoms with Crippen LogP contribution in [0, 0.1) is 0 Å². The molecule has 112 valence electrons. The number of hydrogen-bond donors (Lipinski definition) is 3. The lowest BCUT2D eigenvalue weighted by Gasteiger charge is -2.09. The van der Waals surface area contributed by atoms with E-state index in [0.717, 1.165) is 6.07 Å². The molecule has 0 fully saturated rings. The van der Waals surface area contributed by atoms with E-state index in [1.165, 1.54) is 12.1 Å². The summed E-state index contributed by atoms with van der Waals surface area (Å²) in [7, 11) is 0. The molecule has 6 heteroatoms. The van der Waals surface area contributed by atoms with Gasteiger partial charge in [-0.05, 0) is 29.8 Å². The number of carbonyl (C=O) groups is 3. The minimum Gasteiger partial charge on any atom is -0.478 e. The van der Waals surface area contributed by atoms with Crippen LogP contribution in [0.1, 0.15) is 36.6 Å². The van der Waals surface area contributed by atoms with E-state index in [1.807, 2.05) is 0 Å². The Labute approximate surface area is 126 Å². The molecule has 3 N–H and O–H groups in total. The molecule has 0 aromatic heterocycles. The van der Waals surface area contributed by atoms with Crippen LogP contribution in [0.5, 0.6) is 0 Å². The zero-order chi connectivity index (χ0) is 16.1. The van der Waals surface area contributed by atoms with Crippen LogP contribution in [0.3, 0.4) is 0 Å². The van der Waals surface area contributed by atoms with E-state index in [9.17, 15) is 14.4 Å². The van der Waals surface area contributed by atoms with Crippen LogP contribution in [0.15, 0.2) is 48.5 Å². The molecule has 0 saturated carbocycles. The molecule has 0 aliphatic carbocycles. The fourth-order valence-corrected chi connectivity index (χ4v) is 1.93. The number of rotatable bonds is 5. The van der Waals surface area contributed by atoms with E-state index in [1.54, 1.807) is 30.3 Å². The highest BCUT2D eigenvalue weighted by Crippen LogP contribution is 2.13. The molecular formula is C16H13NO5. The molecule has 0 radical (unpaired) electrons. The Bertz CT molecular complexity index is 725. The largest absolute Gasteiger partial charge is 0.478 e. The summed E-state index contributed by atoms with van der Waals surface area (Å²) in [4.78, 5) is 34.0. The summed E-state index contributed by atoms with van der Waals surface area (Å²) in [6.45, 7) is -0.00470. The molecule has 0 spiro atoms. The highest BCUT2D eigenvalue weighted by atomic mass is 16.4. The first-order valence-electron chi connectivity index (χ1n) is 6.42. The third-order valence-electron chi connectivity index (χ3n) is 3.06. The van der Waals surface area contributed by atoms with E-state index in [4.69, 9.17) is 10.2 Å². The van der Waals surface area contributed by atoms with Gasteiger partial charge in [0.2, 0.25) is 0 Å². The predicted molar refractivity (Wildman–Crippen MR) is 78.0 cm³/mol. The van der Waals surface area contributed by atoms with Crippen LogP contribution in [0.25, 0.3) is 0 Å². The molecule has 6 nitrogen and oxygen atoms in total. The van der Waals surface area contributed by atoms with Gasteiger partial charge in [0.1, 0.15) is 0 Å². The van der Waals surface area contributed by atoms with Gasteiger partial charge in [-0.2, -0.15) is 0 Å². The van der Waals surface area contributed by atoms with Crippen molar-refractivity contribution >= 4 is 17.8 Å². The maximum atomic E-state index is 11.9. The molecule has 22 heavy (non-hydrogen) atoms. The average Bonchev–Trinajstić information content (AvgIpc) is 2.53. The molecule has 0 aliphatic heterocycles. The van der Waals surface area contributed by atoms with Gasteiger partial charge >= 0.3 is 11.9 Å². The quantitative estimate of drug-likeness (QED) is 0.783. The third kappa shape index (κ3) is 3.49. The molecule has 1 amide bonds. The van der Waals surface area contributed by atoms with Crippen molar-refractivity contribution in [1.29, 1.82) is 0 Å². The minimum atomic E-state index is -1.24. The predicted octanol–water partition coefficient (Wildman–Crippen LogP) is 2.01. The molecule has 2 rings (SSSR count). The molecule has 2 aromatic rings. The molecule has 0 unspecified atom stereocenters. The Kier molecular flexibility index (Phi) is 4.53. The average molecular weight is 299 g/mol. The lowest BCUT2D eigenvalue weighted by atomic mass is 10.0. The standard InChI is InChI=1S/C16H13NO5/c18-14(10-4-2-1-3-5-10)17-9-12-7-6-11(15(19)20)8-13(12)16(21)22/h1-8H,9H2,(H,17,18)(H,19,20)(H,21,22). The molecular weight excluding hydrogens is 286 g/mol. The SMILES string of the molecule is O=C(O)c1ccc(CNC(=O)c2ccccc2)c(C(=O)O)c1. The van der Waals surface area contributed by atoms with Gasteiger partial charge < -0.3 is 15.5 Å². The summed E-state index contributed by atoms with van der Waals surface area (Å²) < 4.78 is 0. The number of carboxylic acids is 2. The molecule has 0 aliphatic rings. The topological polar surface area (TPSA) is 104 Å². The van der Waals surface area contributed by atoms with E-state index >= 15 is 0 Å². The van der Waals surface area contributed by atoms with Crippen molar-refractivity contribution in [3.63, 3.8) is 0 Å². The van der Waals surface area contributed by atoms with Crippen LogP contribution >= 0.6 is 0 Å². The van der Waals surface area contributed by atoms with Crippen molar-refractivity contribution in [1.82, 2.24) is 5.32 Å². The monoisotopic (exact) mass is 299 g/mol. The van der Waals surface area contributed by atoms with Gasteiger partial charge in [0, 0.05) is 12.1 Å². The highest BCUT2D eigenvalue weighted by molar-refractivity contribution is 5.96. The lowest BCUT2D eigenvalue weighted by Crippen LogP contribution is -2.24. The van der Waals surface area contributed by atoms with Crippen molar-refractivity contribution < 1.29 is 24.6 Å². The number of amides is 1. The Hall–Kier alpha value is -3.15. The van der Waals surface area contributed by atoms with E-state index in [2.05, 4.69) is 5.32 Å². The van der Waals surface area contributed by atoms with Gasteiger partial charge in [-0.15, -0.1) is 0 Å². The molecule has 0 heterocycles. The maximum absolute atomic E-state index is 11.9. The van der Waals surface area contributed by atoms with Crippen LogP contribution in [-0.4, -0.2) is 28.1 Å².